The first-order valence-electron chi connectivity index (χ1n) is 9.61. The number of nitrogens with one attached hydrogen (secondary N) is 1. The fourth-order valence-electron chi connectivity index (χ4n) is 3.15. The van der Waals surface area contributed by atoms with Crippen LogP contribution in [0, 0.1) is 3.57 Å². The SMILES string of the molecule is COc1cc(/C=N\Nc2nc3ccccc3n2C)cc(I)c1OCc1ccc(Cl)cc1Cl. The lowest BCUT2D eigenvalue weighted by molar-refractivity contribution is 0.282. The van der Waals surface area contributed by atoms with Gasteiger partial charge in [0.25, 0.3) is 0 Å². The van der Waals surface area contributed by atoms with Crippen LogP contribution in [-0.4, -0.2) is 22.9 Å². The number of anilines is 1. The van der Waals surface area contributed by atoms with Gasteiger partial charge in [-0.15, -0.1) is 0 Å². The summed E-state index contributed by atoms with van der Waals surface area (Å²) in [5, 5.41) is 5.48. The molecule has 0 amide bonds. The molecule has 32 heavy (non-hydrogen) atoms. The lowest BCUT2D eigenvalue weighted by atomic mass is 10.2. The molecular formula is C23H19Cl2IN4O2. The molecule has 3 aromatic carbocycles. The van der Waals surface area contributed by atoms with Gasteiger partial charge in [0, 0.05) is 22.7 Å². The third-order valence-electron chi connectivity index (χ3n) is 4.80. The predicted molar refractivity (Wildman–Crippen MR) is 138 cm³/mol. The van der Waals surface area contributed by atoms with Crippen molar-refractivity contribution >= 4 is 69.0 Å². The van der Waals surface area contributed by atoms with Crippen molar-refractivity contribution in [1.29, 1.82) is 0 Å². The lowest BCUT2D eigenvalue weighted by Gasteiger charge is -2.14. The van der Waals surface area contributed by atoms with Gasteiger partial charge in [-0.3, -0.25) is 0 Å². The minimum absolute atomic E-state index is 0.296. The van der Waals surface area contributed by atoms with Crippen molar-refractivity contribution in [2.24, 2.45) is 12.1 Å². The van der Waals surface area contributed by atoms with Gasteiger partial charge >= 0.3 is 0 Å². The monoisotopic (exact) mass is 580 g/mol. The average molecular weight is 581 g/mol. The first kappa shape index (κ1) is 22.7. The molecule has 0 bridgehead atoms. The highest BCUT2D eigenvalue weighted by Crippen LogP contribution is 2.35. The van der Waals surface area contributed by atoms with E-state index in [1.165, 1.54) is 0 Å². The summed E-state index contributed by atoms with van der Waals surface area (Å²) < 4.78 is 14.4. The second-order valence-corrected chi connectivity index (χ2v) is 8.92. The molecule has 1 N–H and O–H groups in total. The molecule has 4 aromatic rings. The largest absolute Gasteiger partial charge is 0.493 e. The Morgan fingerprint density at radius 3 is 2.72 bits per heavy atom. The number of methoxy groups -OCH3 is 1. The highest BCUT2D eigenvalue weighted by Gasteiger charge is 2.13. The van der Waals surface area contributed by atoms with Crippen LogP contribution in [0.5, 0.6) is 11.5 Å². The Morgan fingerprint density at radius 2 is 1.97 bits per heavy atom. The number of imidazole rings is 1. The van der Waals surface area contributed by atoms with E-state index in [0.717, 1.165) is 25.7 Å². The van der Waals surface area contributed by atoms with E-state index in [1.807, 2.05) is 54.1 Å². The fourth-order valence-corrected chi connectivity index (χ4v) is 4.40. The van der Waals surface area contributed by atoms with Gasteiger partial charge in [-0.05, 0) is 64.6 Å². The molecule has 1 aromatic heterocycles. The van der Waals surface area contributed by atoms with E-state index in [-0.39, 0.29) is 0 Å². The third-order valence-corrected chi connectivity index (χ3v) is 6.19. The van der Waals surface area contributed by atoms with E-state index in [0.29, 0.717) is 34.1 Å². The number of hydrazone groups is 1. The lowest BCUT2D eigenvalue weighted by Crippen LogP contribution is -2.02. The highest BCUT2D eigenvalue weighted by molar-refractivity contribution is 14.1. The smallest absolute Gasteiger partial charge is 0.224 e. The predicted octanol–water partition coefficient (Wildman–Crippen LogP) is 6.52. The van der Waals surface area contributed by atoms with Crippen LogP contribution in [0.3, 0.4) is 0 Å². The number of rotatable bonds is 7. The normalized spacial score (nSPS) is 11.3. The average Bonchev–Trinajstić information content (AvgIpc) is 3.09. The van der Waals surface area contributed by atoms with Crippen molar-refractivity contribution in [2.75, 3.05) is 12.5 Å². The Labute approximate surface area is 209 Å². The van der Waals surface area contributed by atoms with Gasteiger partial charge in [0.1, 0.15) is 6.61 Å². The van der Waals surface area contributed by atoms with E-state index >= 15 is 0 Å². The molecule has 0 fully saturated rings. The van der Waals surface area contributed by atoms with Gasteiger partial charge in [0.15, 0.2) is 11.5 Å². The summed E-state index contributed by atoms with van der Waals surface area (Å²) in [7, 11) is 3.55. The van der Waals surface area contributed by atoms with E-state index in [1.54, 1.807) is 25.5 Å². The Kier molecular flexibility index (Phi) is 7.07. The number of hydrogen-bond acceptors (Lipinski definition) is 5. The van der Waals surface area contributed by atoms with Crippen LogP contribution in [0.25, 0.3) is 11.0 Å². The zero-order valence-corrected chi connectivity index (χ0v) is 20.9. The first-order valence-corrected chi connectivity index (χ1v) is 11.4. The number of aryl methyl sites for hydroxylation is 1. The standard InChI is InChI=1S/C23H19Cl2IN4O2/c1-30-20-6-4-3-5-19(20)28-23(30)29-27-12-14-9-18(26)22(21(10-14)31-2)32-13-15-7-8-16(24)11-17(15)25/h3-12H,13H2,1-2H3,(H,28,29)/b27-12-. The minimum atomic E-state index is 0.296. The third kappa shape index (κ3) is 4.95. The van der Waals surface area contributed by atoms with E-state index < -0.39 is 0 Å². The summed E-state index contributed by atoms with van der Waals surface area (Å²) in [4.78, 5) is 4.55. The van der Waals surface area contributed by atoms with Crippen LogP contribution >= 0.6 is 45.8 Å². The number of para-hydroxylation sites is 2. The number of nitrogens with zero attached hydrogens (tertiary/aromatic N) is 3. The van der Waals surface area contributed by atoms with Crippen LogP contribution in [-0.2, 0) is 13.7 Å². The minimum Gasteiger partial charge on any atom is -0.493 e. The van der Waals surface area contributed by atoms with Crippen molar-refractivity contribution in [3.63, 3.8) is 0 Å². The van der Waals surface area contributed by atoms with Crippen molar-refractivity contribution in [3.8, 4) is 11.5 Å². The van der Waals surface area contributed by atoms with Crippen LogP contribution in [0.4, 0.5) is 5.95 Å². The summed E-state index contributed by atoms with van der Waals surface area (Å²) in [6.07, 6.45) is 1.71. The molecule has 0 radical (unpaired) electrons. The molecule has 0 unspecified atom stereocenters. The van der Waals surface area contributed by atoms with Gasteiger partial charge in [0.2, 0.25) is 5.95 Å². The number of halogens is 3. The number of benzene rings is 3. The molecule has 0 atom stereocenters. The molecule has 9 heteroatoms. The van der Waals surface area contributed by atoms with Gasteiger partial charge in [-0.1, -0.05) is 41.4 Å². The van der Waals surface area contributed by atoms with Gasteiger partial charge < -0.3 is 14.0 Å². The Morgan fingerprint density at radius 1 is 1.16 bits per heavy atom. The molecule has 4 rings (SSSR count). The maximum atomic E-state index is 6.25. The first-order chi connectivity index (χ1) is 15.5. The molecule has 0 saturated carbocycles. The van der Waals surface area contributed by atoms with Crippen molar-refractivity contribution in [3.05, 3.63) is 79.3 Å². The Bertz CT molecular complexity index is 1310. The number of ether oxygens (including phenoxy) is 2. The highest BCUT2D eigenvalue weighted by atomic mass is 127. The molecule has 6 nitrogen and oxygen atoms in total. The molecule has 1 heterocycles. The number of fused-ring (bicyclic) bond motifs is 1. The number of hydrogen-bond donors (Lipinski definition) is 1. The Balaban J connectivity index is 1.50. The maximum Gasteiger partial charge on any atom is 0.224 e. The fraction of sp³-hybridized carbons (Fsp3) is 0.130. The van der Waals surface area contributed by atoms with Gasteiger partial charge in [-0.25, -0.2) is 10.4 Å². The Hall–Kier alpha value is -2.49. The topological polar surface area (TPSA) is 60.7 Å². The second-order valence-electron chi connectivity index (χ2n) is 6.91. The molecule has 164 valence electrons. The van der Waals surface area contributed by atoms with Crippen LogP contribution in [0.15, 0.2) is 59.7 Å². The summed E-state index contributed by atoms with van der Waals surface area (Å²) in [6, 6.07) is 17.1. The zero-order chi connectivity index (χ0) is 22.7. The second kappa shape index (κ2) is 9.97. The maximum absolute atomic E-state index is 6.25. The summed E-state index contributed by atoms with van der Waals surface area (Å²) in [5.74, 6) is 1.90. The van der Waals surface area contributed by atoms with Crippen LogP contribution in [0.1, 0.15) is 11.1 Å². The molecule has 0 spiro atoms. The van der Waals surface area contributed by atoms with E-state index in [9.17, 15) is 0 Å². The van der Waals surface area contributed by atoms with Crippen molar-refractivity contribution in [2.45, 2.75) is 6.61 Å². The number of aromatic nitrogens is 2. The molecule has 0 aliphatic carbocycles. The molecule has 0 aliphatic heterocycles. The zero-order valence-electron chi connectivity index (χ0n) is 17.3. The van der Waals surface area contributed by atoms with Gasteiger partial charge in [-0.2, -0.15) is 5.10 Å². The van der Waals surface area contributed by atoms with E-state index in [4.69, 9.17) is 32.7 Å². The van der Waals surface area contributed by atoms with Gasteiger partial charge in [0.05, 0.1) is 27.9 Å². The van der Waals surface area contributed by atoms with Crippen molar-refractivity contribution < 1.29 is 9.47 Å². The summed E-state index contributed by atoms with van der Waals surface area (Å²) in [5.41, 5.74) is 6.64. The van der Waals surface area contributed by atoms with Crippen LogP contribution < -0.4 is 14.9 Å². The summed E-state index contributed by atoms with van der Waals surface area (Å²) >= 11 is 14.4. The molecule has 0 aliphatic rings. The quantitative estimate of drug-likeness (QED) is 0.154. The van der Waals surface area contributed by atoms with Crippen LogP contribution in [0.2, 0.25) is 10.0 Å². The molecular weight excluding hydrogens is 562 g/mol. The molecule has 0 saturated heterocycles. The van der Waals surface area contributed by atoms with Crippen molar-refractivity contribution in [1.82, 2.24) is 9.55 Å². The van der Waals surface area contributed by atoms with E-state index in [2.05, 4.69) is 38.1 Å². The summed E-state index contributed by atoms with van der Waals surface area (Å²) in [6.45, 7) is 0.296.